The van der Waals surface area contributed by atoms with Crippen LogP contribution in [-0.4, -0.2) is 28.2 Å². The zero-order valence-electron chi connectivity index (χ0n) is 22.0. The molecule has 0 aliphatic heterocycles. The molecule has 5 nitrogen and oxygen atoms in total. The number of halogens is 4. The van der Waals surface area contributed by atoms with Crippen molar-refractivity contribution in [1.29, 1.82) is 0 Å². The van der Waals surface area contributed by atoms with Crippen molar-refractivity contribution in [1.82, 2.24) is 4.98 Å². The molecule has 208 valence electrons. The highest BCUT2D eigenvalue weighted by Crippen LogP contribution is 2.31. The molecule has 0 fully saturated rings. The van der Waals surface area contributed by atoms with Crippen LogP contribution in [-0.2, 0) is 23.9 Å². The van der Waals surface area contributed by atoms with E-state index in [-0.39, 0.29) is 0 Å². The summed E-state index contributed by atoms with van der Waals surface area (Å²) in [4.78, 5) is 18.0. The van der Waals surface area contributed by atoms with Crippen molar-refractivity contribution in [3.63, 3.8) is 0 Å². The molecule has 0 atom stereocenters. The Morgan fingerprint density at radius 3 is 2.15 bits per heavy atom. The highest BCUT2D eigenvalue weighted by Gasteiger charge is 2.30. The quantitative estimate of drug-likeness (QED) is 0.211. The van der Waals surface area contributed by atoms with E-state index < -0.39 is 23.3 Å². The molecule has 1 aromatic heterocycles. The average molecular weight is 569 g/mol. The minimum atomic E-state index is -4.40. The number of carboxylic acids is 1. The van der Waals surface area contributed by atoms with Gasteiger partial charge < -0.3 is 14.7 Å². The SMILES string of the molecule is CC(C)(Oc1ccc(CCN(Cc2ccc(C(F)(F)F)cc2)c2ccc(-c3ccccc3Cl)cn2)cc1)C(=O)O. The fourth-order valence-corrected chi connectivity index (χ4v) is 4.29. The molecule has 3 aromatic carbocycles. The second-order valence-corrected chi connectivity index (χ2v) is 10.2. The molecule has 0 radical (unpaired) electrons. The van der Waals surface area contributed by atoms with E-state index in [0.29, 0.717) is 41.7 Å². The fourth-order valence-electron chi connectivity index (χ4n) is 4.05. The van der Waals surface area contributed by atoms with Gasteiger partial charge in [0.15, 0.2) is 5.60 Å². The van der Waals surface area contributed by atoms with E-state index in [1.165, 1.54) is 26.0 Å². The summed E-state index contributed by atoms with van der Waals surface area (Å²) in [5.41, 5.74) is 1.34. The van der Waals surface area contributed by atoms with E-state index in [1.807, 2.05) is 47.4 Å². The number of ether oxygens (including phenoxy) is 1. The van der Waals surface area contributed by atoms with Gasteiger partial charge in [0.25, 0.3) is 0 Å². The maximum Gasteiger partial charge on any atom is 0.416 e. The lowest BCUT2D eigenvalue weighted by Crippen LogP contribution is -2.37. The van der Waals surface area contributed by atoms with Crippen LogP contribution in [0.25, 0.3) is 11.1 Å². The number of pyridine rings is 1. The molecule has 0 spiro atoms. The van der Waals surface area contributed by atoms with Gasteiger partial charge in [-0.25, -0.2) is 9.78 Å². The van der Waals surface area contributed by atoms with Crippen LogP contribution in [0, 0.1) is 0 Å². The van der Waals surface area contributed by atoms with E-state index >= 15 is 0 Å². The van der Waals surface area contributed by atoms with Crippen LogP contribution in [0.3, 0.4) is 0 Å². The number of hydrogen-bond acceptors (Lipinski definition) is 4. The monoisotopic (exact) mass is 568 g/mol. The minimum absolute atomic E-state index is 0.352. The third kappa shape index (κ3) is 7.33. The van der Waals surface area contributed by atoms with Gasteiger partial charge >= 0.3 is 12.1 Å². The molecule has 0 saturated heterocycles. The Bertz CT molecular complexity index is 1440. The number of carbonyl (C=O) groups is 1. The van der Waals surface area contributed by atoms with E-state index in [0.717, 1.165) is 28.8 Å². The number of nitrogens with zero attached hydrogens (tertiary/aromatic N) is 2. The molecular formula is C31H28ClF3N2O3. The summed E-state index contributed by atoms with van der Waals surface area (Å²) in [5, 5.41) is 9.89. The van der Waals surface area contributed by atoms with Gasteiger partial charge in [0.2, 0.25) is 0 Å². The summed E-state index contributed by atoms with van der Waals surface area (Å²) in [6.07, 6.45) is -2.06. The summed E-state index contributed by atoms with van der Waals surface area (Å²) < 4.78 is 44.7. The van der Waals surface area contributed by atoms with Crippen LogP contribution in [0.2, 0.25) is 5.02 Å². The summed E-state index contributed by atoms with van der Waals surface area (Å²) in [5.74, 6) is 0.0389. The van der Waals surface area contributed by atoms with Gasteiger partial charge in [0.1, 0.15) is 11.6 Å². The number of rotatable bonds is 10. The van der Waals surface area contributed by atoms with Crippen LogP contribution < -0.4 is 9.64 Å². The van der Waals surface area contributed by atoms with Gasteiger partial charge in [0, 0.05) is 35.4 Å². The molecule has 40 heavy (non-hydrogen) atoms. The third-order valence-corrected chi connectivity index (χ3v) is 6.72. The molecule has 1 heterocycles. The van der Waals surface area contributed by atoms with Crippen molar-refractivity contribution in [2.75, 3.05) is 11.4 Å². The van der Waals surface area contributed by atoms with Crippen molar-refractivity contribution in [3.05, 3.63) is 113 Å². The normalized spacial score (nSPS) is 11.8. The largest absolute Gasteiger partial charge is 0.478 e. The zero-order valence-corrected chi connectivity index (χ0v) is 22.7. The number of hydrogen-bond donors (Lipinski definition) is 1. The van der Waals surface area contributed by atoms with Crippen molar-refractivity contribution < 1.29 is 27.8 Å². The van der Waals surface area contributed by atoms with Gasteiger partial charge in [-0.15, -0.1) is 0 Å². The van der Waals surface area contributed by atoms with E-state index in [1.54, 1.807) is 24.4 Å². The number of alkyl halides is 3. The van der Waals surface area contributed by atoms with Gasteiger partial charge in [-0.2, -0.15) is 13.2 Å². The van der Waals surface area contributed by atoms with Gasteiger partial charge in [-0.3, -0.25) is 0 Å². The number of aromatic nitrogens is 1. The standard InChI is InChI=1S/C31H28ClF3N2O3/c1-30(2,29(38)39)40-25-14-9-21(10-15-25)17-18-37(20-22-7-12-24(13-8-22)31(33,34)35)28-16-11-23(19-36-28)26-5-3-4-6-27(26)32/h3-16,19H,17-18,20H2,1-2H3,(H,38,39). The van der Waals surface area contributed by atoms with Crippen LogP contribution in [0.5, 0.6) is 5.75 Å². The zero-order chi connectivity index (χ0) is 28.9. The Balaban J connectivity index is 1.53. The molecule has 1 N–H and O–H groups in total. The summed E-state index contributed by atoms with van der Waals surface area (Å²) in [6.45, 7) is 3.84. The van der Waals surface area contributed by atoms with Gasteiger partial charge in [-0.1, -0.05) is 54.1 Å². The molecule has 0 aliphatic rings. The first kappa shape index (κ1) is 29.0. The van der Waals surface area contributed by atoms with Crippen LogP contribution >= 0.6 is 11.6 Å². The molecular weight excluding hydrogens is 541 g/mol. The second kappa shape index (κ2) is 12.0. The lowest BCUT2D eigenvalue weighted by atomic mass is 10.1. The molecule has 0 aliphatic carbocycles. The summed E-state index contributed by atoms with van der Waals surface area (Å²) in [6, 6.07) is 23.5. The lowest BCUT2D eigenvalue weighted by molar-refractivity contribution is -0.152. The highest BCUT2D eigenvalue weighted by molar-refractivity contribution is 6.33. The van der Waals surface area contributed by atoms with Crippen molar-refractivity contribution in [3.8, 4) is 16.9 Å². The first-order valence-electron chi connectivity index (χ1n) is 12.6. The Morgan fingerprint density at radius 2 is 1.57 bits per heavy atom. The Morgan fingerprint density at radius 1 is 0.925 bits per heavy atom. The number of aliphatic carboxylic acids is 1. The first-order chi connectivity index (χ1) is 18.9. The molecule has 0 saturated carbocycles. The predicted molar refractivity (Wildman–Crippen MR) is 150 cm³/mol. The summed E-state index contributed by atoms with van der Waals surface area (Å²) >= 11 is 6.34. The average Bonchev–Trinajstić information content (AvgIpc) is 2.92. The highest BCUT2D eigenvalue weighted by atomic mass is 35.5. The summed E-state index contributed by atoms with van der Waals surface area (Å²) in [7, 11) is 0. The van der Waals surface area contributed by atoms with E-state index in [4.69, 9.17) is 16.3 Å². The van der Waals surface area contributed by atoms with Gasteiger partial charge in [0.05, 0.1) is 5.56 Å². The van der Waals surface area contributed by atoms with Crippen molar-refractivity contribution >= 4 is 23.4 Å². The van der Waals surface area contributed by atoms with Crippen molar-refractivity contribution in [2.45, 2.75) is 38.6 Å². The Hall–Kier alpha value is -4.04. The molecule has 0 amide bonds. The molecule has 9 heteroatoms. The smallest absolute Gasteiger partial charge is 0.416 e. The predicted octanol–water partition coefficient (Wildman–Crippen LogP) is 7.91. The Labute approximate surface area is 235 Å². The van der Waals surface area contributed by atoms with Gasteiger partial charge in [-0.05, 0) is 73.9 Å². The molecule has 4 rings (SSSR count). The van der Waals surface area contributed by atoms with Crippen LogP contribution in [0.1, 0.15) is 30.5 Å². The lowest BCUT2D eigenvalue weighted by Gasteiger charge is -2.25. The maximum absolute atomic E-state index is 13.1. The number of benzene rings is 3. The Kier molecular flexibility index (Phi) is 8.69. The maximum atomic E-state index is 13.1. The third-order valence-electron chi connectivity index (χ3n) is 6.39. The molecule has 0 bridgehead atoms. The van der Waals surface area contributed by atoms with Crippen molar-refractivity contribution in [2.24, 2.45) is 0 Å². The second-order valence-electron chi connectivity index (χ2n) is 9.81. The van der Waals surface area contributed by atoms with E-state index in [9.17, 15) is 23.1 Å². The molecule has 4 aromatic rings. The van der Waals surface area contributed by atoms with Crippen LogP contribution in [0.4, 0.5) is 19.0 Å². The first-order valence-corrected chi connectivity index (χ1v) is 12.9. The minimum Gasteiger partial charge on any atom is -0.478 e. The topological polar surface area (TPSA) is 62.7 Å². The fraction of sp³-hybridized carbons (Fsp3) is 0.226. The van der Waals surface area contributed by atoms with E-state index in [2.05, 4.69) is 4.98 Å². The molecule has 0 unspecified atom stereocenters. The number of carboxylic acid groups (broad SMARTS) is 1. The van der Waals surface area contributed by atoms with Crippen LogP contribution in [0.15, 0.2) is 91.1 Å². The number of anilines is 1.